The number of amides is 1. The van der Waals surface area contributed by atoms with Crippen molar-refractivity contribution in [2.45, 2.75) is 12.8 Å². The maximum atomic E-state index is 12.0. The van der Waals surface area contributed by atoms with E-state index in [1.807, 2.05) is 36.4 Å². The van der Waals surface area contributed by atoms with Gasteiger partial charge in [-0.25, -0.2) is 0 Å². The van der Waals surface area contributed by atoms with Crippen LogP contribution in [-0.4, -0.2) is 24.5 Å². The van der Waals surface area contributed by atoms with Crippen LogP contribution in [0.2, 0.25) is 0 Å². The predicted molar refractivity (Wildman–Crippen MR) is 102 cm³/mol. The quantitative estimate of drug-likeness (QED) is 0.640. The standard InChI is InChI=1S/C21H22N2O2/c1-3-14-22-20(24)13-12-18-17-6-4-5-7-19(17)23-21(18)15-8-10-16(25-2)11-9-15/h3-11,23H,1,12-14H2,2H3,(H,22,24). The highest BCUT2D eigenvalue weighted by molar-refractivity contribution is 5.91. The molecule has 0 atom stereocenters. The van der Waals surface area contributed by atoms with Crippen molar-refractivity contribution < 1.29 is 9.53 Å². The van der Waals surface area contributed by atoms with Crippen LogP contribution in [0.4, 0.5) is 0 Å². The minimum absolute atomic E-state index is 0.0332. The van der Waals surface area contributed by atoms with Crippen molar-refractivity contribution in [1.82, 2.24) is 10.3 Å². The summed E-state index contributed by atoms with van der Waals surface area (Å²) in [4.78, 5) is 15.5. The Bertz CT molecular complexity index is 879. The van der Waals surface area contributed by atoms with Gasteiger partial charge in [0, 0.05) is 29.6 Å². The number of hydrogen-bond donors (Lipinski definition) is 2. The molecule has 1 aromatic heterocycles. The van der Waals surface area contributed by atoms with Crippen LogP contribution in [0, 0.1) is 0 Å². The number of para-hydroxylation sites is 1. The average molecular weight is 334 g/mol. The number of benzene rings is 2. The molecule has 0 fully saturated rings. The molecule has 128 valence electrons. The van der Waals surface area contributed by atoms with E-state index in [0.29, 0.717) is 19.4 Å². The summed E-state index contributed by atoms with van der Waals surface area (Å²) in [5.74, 6) is 0.857. The highest BCUT2D eigenvalue weighted by Crippen LogP contribution is 2.32. The van der Waals surface area contributed by atoms with Crippen LogP contribution in [-0.2, 0) is 11.2 Å². The summed E-state index contributed by atoms with van der Waals surface area (Å²) in [5, 5.41) is 3.99. The number of rotatable bonds is 7. The zero-order valence-corrected chi connectivity index (χ0v) is 14.3. The minimum Gasteiger partial charge on any atom is -0.497 e. The van der Waals surface area contributed by atoms with Crippen LogP contribution in [0.5, 0.6) is 5.75 Å². The molecule has 0 aliphatic carbocycles. The summed E-state index contributed by atoms with van der Waals surface area (Å²) in [6.45, 7) is 4.12. The minimum atomic E-state index is 0.0332. The molecule has 0 aliphatic rings. The van der Waals surface area contributed by atoms with Crippen molar-refractivity contribution in [2.24, 2.45) is 0 Å². The monoisotopic (exact) mass is 334 g/mol. The van der Waals surface area contributed by atoms with Gasteiger partial charge >= 0.3 is 0 Å². The number of carbonyl (C=O) groups is 1. The van der Waals surface area contributed by atoms with Crippen molar-refractivity contribution >= 4 is 16.8 Å². The Balaban J connectivity index is 1.93. The van der Waals surface area contributed by atoms with Gasteiger partial charge in [-0.3, -0.25) is 4.79 Å². The first-order chi connectivity index (χ1) is 12.2. The van der Waals surface area contributed by atoms with Crippen LogP contribution >= 0.6 is 0 Å². The van der Waals surface area contributed by atoms with Gasteiger partial charge in [-0.05, 0) is 47.9 Å². The van der Waals surface area contributed by atoms with E-state index < -0.39 is 0 Å². The average Bonchev–Trinajstić information content (AvgIpc) is 3.03. The van der Waals surface area contributed by atoms with Gasteiger partial charge in [0.05, 0.1) is 7.11 Å². The van der Waals surface area contributed by atoms with Gasteiger partial charge in [0.25, 0.3) is 0 Å². The first-order valence-corrected chi connectivity index (χ1v) is 8.34. The Morgan fingerprint density at radius 3 is 2.68 bits per heavy atom. The number of hydrogen-bond acceptors (Lipinski definition) is 2. The van der Waals surface area contributed by atoms with E-state index in [-0.39, 0.29) is 5.91 Å². The van der Waals surface area contributed by atoms with E-state index in [4.69, 9.17) is 4.74 Å². The molecule has 1 heterocycles. The second-order valence-corrected chi connectivity index (χ2v) is 5.85. The third-order valence-corrected chi connectivity index (χ3v) is 4.24. The van der Waals surface area contributed by atoms with Crippen LogP contribution in [0.25, 0.3) is 22.2 Å². The third kappa shape index (κ3) is 3.74. The molecule has 0 spiro atoms. The van der Waals surface area contributed by atoms with Crippen LogP contribution in [0.15, 0.2) is 61.2 Å². The van der Waals surface area contributed by atoms with Crippen molar-refractivity contribution in [1.29, 1.82) is 0 Å². The number of methoxy groups -OCH3 is 1. The zero-order valence-electron chi connectivity index (χ0n) is 14.3. The lowest BCUT2D eigenvalue weighted by Crippen LogP contribution is -2.23. The topological polar surface area (TPSA) is 54.1 Å². The molecular formula is C21H22N2O2. The van der Waals surface area contributed by atoms with Gasteiger partial charge in [0.2, 0.25) is 5.91 Å². The second kappa shape index (κ2) is 7.71. The Morgan fingerprint density at radius 1 is 1.20 bits per heavy atom. The van der Waals surface area contributed by atoms with Gasteiger partial charge in [-0.1, -0.05) is 24.3 Å². The Kier molecular flexibility index (Phi) is 5.19. The van der Waals surface area contributed by atoms with Gasteiger partial charge in [-0.2, -0.15) is 0 Å². The molecule has 2 N–H and O–H groups in total. The fourth-order valence-electron chi connectivity index (χ4n) is 2.98. The normalized spacial score (nSPS) is 10.6. The van der Waals surface area contributed by atoms with Crippen LogP contribution < -0.4 is 10.1 Å². The molecule has 25 heavy (non-hydrogen) atoms. The molecule has 0 saturated carbocycles. The number of nitrogens with one attached hydrogen (secondary N) is 2. The highest BCUT2D eigenvalue weighted by atomic mass is 16.5. The summed E-state index contributed by atoms with van der Waals surface area (Å²) in [5.41, 5.74) is 4.38. The number of aromatic amines is 1. The smallest absolute Gasteiger partial charge is 0.220 e. The SMILES string of the molecule is C=CCNC(=O)CCc1c(-c2ccc(OC)cc2)[nH]c2ccccc12. The third-order valence-electron chi connectivity index (χ3n) is 4.24. The van der Waals surface area contributed by atoms with Crippen molar-refractivity contribution in [3.8, 4) is 17.0 Å². The van der Waals surface area contributed by atoms with Gasteiger partial charge in [-0.15, -0.1) is 6.58 Å². The Morgan fingerprint density at radius 2 is 1.96 bits per heavy atom. The summed E-state index contributed by atoms with van der Waals surface area (Å²) in [6, 6.07) is 16.1. The number of aromatic nitrogens is 1. The molecule has 1 amide bonds. The molecule has 0 bridgehead atoms. The molecular weight excluding hydrogens is 312 g/mol. The van der Waals surface area contributed by atoms with Gasteiger partial charge < -0.3 is 15.0 Å². The number of aryl methyl sites for hydroxylation is 1. The van der Waals surface area contributed by atoms with E-state index in [1.54, 1.807) is 13.2 Å². The lowest BCUT2D eigenvalue weighted by Gasteiger charge is -2.07. The maximum absolute atomic E-state index is 12.0. The lowest BCUT2D eigenvalue weighted by molar-refractivity contribution is -0.120. The molecule has 4 nitrogen and oxygen atoms in total. The van der Waals surface area contributed by atoms with Crippen molar-refractivity contribution in [3.05, 3.63) is 66.7 Å². The molecule has 2 aromatic carbocycles. The second-order valence-electron chi connectivity index (χ2n) is 5.85. The van der Waals surface area contributed by atoms with E-state index >= 15 is 0 Å². The summed E-state index contributed by atoms with van der Waals surface area (Å²) >= 11 is 0. The first kappa shape index (κ1) is 16.8. The number of fused-ring (bicyclic) bond motifs is 1. The van der Waals surface area contributed by atoms with Crippen molar-refractivity contribution in [3.63, 3.8) is 0 Å². The van der Waals surface area contributed by atoms with E-state index in [9.17, 15) is 4.79 Å². The van der Waals surface area contributed by atoms with E-state index in [0.717, 1.165) is 33.5 Å². The zero-order chi connectivity index (χ0) is 17.6. The molecule has 3 aromatic rings. The van der Waals surface area contributed by atoms with Crippen molar-refractivity contribution in [2.75, 3.05) is 13.7 Å². The molecule has 0 unspecified atom stereocenters. The highest BCUT2D eigenvalue weighted by Gasteiger charge is 2.14. The van der Waals surface area contributed by atoms with E-state index in [2.05, 4.69) is 29.0 Å². The predicted octanol–water partition coefficient (Wildman–Crippen LogP) is 4.08. The molecule has 3 rings (SSSR count). The summed E-state index contributed by atoms with van der Waals surface area (Å²) in [6.07, 6.45) is 2.81. The molecule has 4 heteroatoms. The largest absolute Gasteiger partial charge is 0.497 e. The Hall–Kier alpha value is -3.01. The maximum Gasteiger partial charge on any atom is 0.220 e. The number of carbonyl (C=O) groups excluding carboxylic acids is 1. The Labute approximate surface area is 147 Å². The molecule has 0 saturated heterocycles. The lowest BCUT2D eigenvalue weighted by atomic mass is 10.0. The summed E-state index contributed by atoms with van der Waals surface area (Å²) in [7, 11) is 1.66. The molecule has 0 aliphatic heterocycles. The molecule has 0 radical (unpaired) electrons. The van der Waals surface area contributed by atoms with Crippen LogP contribution in [0.3, 0.4) is 0 Å². The summed E-state index contributed by atoms with van der Waals surface area (Å²) < 4.78 is 5.24. The van der Waals surface area contributed by atoms with Gasteiger partial charge in [0.1, 0.15) is 5.75 Å². The van der Waals surface area contributed by atoms with Gasteiger partial charge in [0.15, 0.2) is 0 Å². The first-order valence-electron chi connectivity index (χ1n) is 8.34. The van der Waals surface area contributed by atoms with Crippen LogP contribution in [0.1, 0.15) is 12.0 Å². The van der Waals surface area contributed by atoms with E-state index in [1.165, 1.54) is 0 Å². The fourth-order valence-corrected chi connectivity index (χ4v) is 2.98. The fraction of sp³-hybridized carbons (Fsp3) is 0.190. The number of H-pyrrole nitrogens is 1. The number of ether oxygens (including phenoxy) is 1.